The third-order valence-corrected chi connectivity index (χ3v) is 1.57. The lowest BCUT2D eigenvalue weighted by molar-refractivity contribution is -0.107. The van der Waals surface area contributed by atoms with Crippen molar-refractivity contribution in [3.63, 3.8) is 0 Å². The number of aromatic nitrogens is 2. The SMILES string of the molecule is CNC(=O)c1[nH]cnc1N(C)C=O. The van der Waals surface area contributed by atoms with E-state index in [-0.39, 0.29) is 11.6 Å². The van der Waals surface area contributed by atoms with E-state index in [1.165, 1.54) is 25.3 Å². The highest BCUT2D eigenvalue weighted by molar-refractivity contribution is 5.98. The van der Waals surface area contributed by atoms with Crippen LogP contribution in [-0.4, -0.2) is 36.4 Å². The Bertz CT molecular complexity index is 320. The maximum absolute atomic E-state index is 11.2. The molecule has 1 heterocycles. The fourth-order valence-electron chi connectivity index (χ4n) is 0.897. The minimum Gasteiger partial charge on any atom is -0.354 e. The molecule has 1 aromatic heterocycles. The van der Waals surface area contributed by atoms with Crippen LogP contribution in [0.25, 0.3) is 0 Å². The Hall–Kier alpha value is -1.85. The number of hydrogen-bond donors (Lipinski definition) is 2. The average molecular weight is 182 g/mol. The van der Waals surface area contributed by atoms with Crippen LogP contribution in [0.5, 0.6) is 0 Å². The van der Waals surface area contributed by atoms with Crippen LogP contribution in [0.2, 0.25) is 0 Å². The Morgan fingerprint density at radius 3 is 3.00 bits per heavy atom. The molecule has 13 heavy (non-hydrogen) atoms. The minimum absolute atomic E-state index is 0.275. The van der Waals surface area contributed by atoms with Crippen LogP contribution in [0.3, 0.4) is 0 Å². The van der Waals surface area contributed by atoms with E-state index in [9.17, 15) is 9.59 Å². The molecule has 0 saturated heterocycles. The Morgan fingerprint density at radius 2 is 2.46 bits per heavy atom. The first-order valence-electron chi connectivity index (χ1n) is 3.64. The van der Waals surface area contributed by atoms with Crippen LogP contribution in [0.4, 0.5) is 5.82 Å². The summed E-state index contributed by atoms with van der Waals surface area (Å²) in [6.45, 7) is 0. The van der Waals surface area contributed by atoms with Crippen LogP contribution in [-0.2, 0) is 4.79 Å². The van der Waals surface area contributed by atoms with E-state index in [1.54, 1.807) is 0 Å². The second-order valence-electron chi connectivity index (χ2n) is 2.40. The van der Waals surface area contributed by atoms with E-state index >= 15 is 0 Å². The Kier molecular flexibility index (Phi) is 2.63. The average Bonchev–Trinajstić information content (AvgIpc) is 2.63. The van der Waals surface area contributed by atoms with E-state index in [4.69, 9.17) is 0 Å². The smallest absolute Gasteiger partial charge is 0.271 e. The second-order valence-corrected chi connectivity index (χ2v) is 2.40. The molecule has 2 amide bonds. The van der Waals surface area contributed by atoms with E-state index in [0.717, 1.165) is 0 Å². The fraction of sp³-hybridized carbons (Fsp3) is 0.286. The number of nitrogens with zero attached hydrogens (tertiary/aromatic N) is 2. The first-order valence-corrected chi connectivity index (χ1v) is 3.64. The number of hydrogen-bond acceptors (Lipinski definition) is 3. The maximum atomic E-state index is 11.2. The molecule has 1 aromatic rings. The van der Waals surface area contributed by atoms with Crippen molar-refractivity contribution in [2.75, 3.05) is 19.0 Å². The lowest BCUT2D eigenvalue weighted by Gasteiger charge is -2.08. The van der Waals surface area contributed by atoms with Gasteiger partial charge >= 0.3 is 0 Å². The number of rotatable bonds is 3. The molecule has 0 spiro atoms. The number of anilines is 1. The quantitative estimate of drug-likeness (QED) is 0.610. The molecule has 0 saturated carbocycles. The van der Waals surface area contributed by atoms with Gasteiger partial charge in [-0.05, 0) is 0 Å². The highest BCUT2D eigenvalue weighted by atomic mass is 16.2. The van der Waals surface area contributed by atoms with Gasteiger partial charge in [0.2, 0.25) is 6.41 Å². The van der Waals surface area contributed by atoms with Crippen molar-refractivity contribution < 1.29 is 9.59 Å². The fourth-order valence-corrected chi connectivity index (χ4v) is 0.897. The second kappa shape index (κ2) is 3.70. The summed E-state index contributed by atoms with van der Waals surface area (Å²) in [7, 11) is 3.03. The standard InChI is InChI=1S/C7H10N4O2/c1-8-7(13)5-6(10-3-9-5)11(2)4-12/h3-4H,1-2H3,(H,8,13)(H,9,10). The minimum atomic E-state index is -0.304. The van der Waals surface area contributed by atoms with Crippen molar-refractivity contribution in [1.29, 1.82) is 0 Å². The van der Waals surface area contributed by atoms with Gasteiger partial charge in [-0.15, -0.1) is 0 Å². The predicted molar refractivity (Wildman–Crippen MR) is 46.4 cm³/mol. The lowest BCUT2D eigenvalue weighted by atomic mass is 10.4. The molecule has 0 atom stereocenters. The molecule has 2 N–H and O–H groups in total. The van der Waals surface area contributed by atoms with Crippen LogP contribution >= 0.6 is 0 Å². The van der Waals surface area contributed by atoms with Crippen molar-refractivity contribution in [3.05, 3.63) is 12.0 Å². The van der Waals surface area contributed by atoms with Crippen molar-refractivity contribution in [2.45, 2.75) is 0 Å². The van der Waals surface area contributed by atoms with Gasteiger partial charge in [0.25, 0.3) is 5.91 Å². The molecule has 0 aromatic carbocycles. The monoisotopic (exact) mass is 182 g/mol. The molecule has 1 rings (SSSR count). The summed E-state index contributed by atoms with van der Waals surface area (Å²) >= 11 is 0. The number of imidazole rings is 1. The molecule has 0 bridgehead atoms. The molecule has 0 aliphatic rings. The topological polar surface area (TPSA) is 78.1 Å². The Morgan fingerprint density at radius 1 is 1.77 bits per heavy atom. The molecule has 6 nitrogen and oxygen atoms in total. The summed E-state index contributed by atoms with van der Waals surface area (Å²) in [4.78, 5) is 29.3. The van der Waals surface area contributed by atoms with Crippen molar-refractivity contribution >= 4 is 18.1 Å². The molecule has 0 fully saturated rings. The predicted octanol–water partition coefficient (Wildman–Crippen LogP) is -0.638. The Balaban J connectivity index is 3.02. The molecule has 0 unspecified atom stereocenters. The number of H-pyrrole nitrogens is 1. The third-order valence-electron chi connectivity index (χ3n) is 1.57. The van der Waals surface area contributed by atoms with Gasteiger partial charge in [0, 0.05) is 14.1 Å². The molecule has 0 aliphatic carbocycles. The number of aromatic amines is 1. The van der Waals surface area contributed by atoms with E-state index in [1.807, 2.05) is 0 Å². The van der Waals surface area contributed by atoms with Crippen LogP contribution < -0.4 is 10.2 Å². The van der Waals surface area contributed by atoms with E-state index < -0.39 is 0 Å². The zero-order valence-electron chi connectivity index (χ0n) is 7.37. The van der Waals surface area contributed by atoms with Crippen LogP contribution in [0.1, 0.15) is 10.5 Å². The normalized spacial score (nSPS) is 9.38. The number of nitrogens with one attached hydrogen (secondary N) is 2. The van der Waals surface area contributed by atoms with Crippen LogP contribution in [0, 0.1) is 0 Å². The summed E-state index contributed by atoms with van der Waals surface area (Å²) < 4.78 is 0. The summed E-state index contributed by atoms with van der Waals surface area (Å²) in [6.07, 6.45) is 1.95. The van der Waals surface area contributed by atoms with Crippen molar-refractivity contribution in [2.24, 2.45) is 0 Å². The molecular formula is C7H10N4O2. The highest BCUT2D eigenvalue weighted by Gasteiger charge is 2.15. The summed E-state index contributed by atoms with van der Waals surface area (Å²) in [5.41, 5.74) is 0.275. The zero-order valence-corrected chi connectivity index (χ0v) is 7.37. The van der Waals surface area contributed by atoms with Gasteiger partial charge in [0.05, 0.1) is 6.33 Å². The lowest BCUT2D eigenvalue weighted by Crippen LogP contribution is -2.23. The largest absolute Gasteiger partial charge is 0.354 e. The van der Waals surface area contributed by atoms with Crippen molar-refractivity contribution in [1.82, 2.24) is 15.3 Å². The Labute approximate surface area is 75.0 Å². The number of carbonyl (C=O) groups excluding carboxylic acids is 2. The maximum Gasteiger partial charge on any atom is 0.271 e. The highest BCUT2D eigenvalue weighted by Crippen LogP contribution is 2.11. The van der Waals surface area contributed by atoms with Gasteiger partial charge in [0.1, 0.15) is 5.69 Å². The van der Waals surface area contributed by atoms with Gasteiger partial charge in [0.15, 0.2) is 5.82 Å². The summed E-state index contributed by atoms with van der Waals surface area (Å²) in [6, 6.07) is 0. The van der Waals surface area contributed by atoms with Gasteiger partial charge in [-0.2, -0.15) is 0 Å². The van der Waals surface area contributed by atoms with E-state index in [0.29, 0.717) is 12.2 Å². The van der Waals surface area contributed by atoms with E-state index in [2.05, 4.69) is 15.3 Å². The van der Waals surface area contributed by atoms with Gasteiger partial charge in [-0.3, -0.25) is 9.59 Å². The summed E-state index contributed by atoms with van der Waals surface area (Å²) in [5.74, 6) is 0.00977. The van der Waals surface area contributed by atoms with Crippen molar-refractivity contribution in [3.8, 4) is 0 Å². The third kappa shape index (κ3) is 1.66. The number of amides is 2. The van der Waals surface area contributed by atoms with Gasteiger partial charge in [-0.25, -0.2) is 4.98 Å². The van der Waals surface area contributed by atoms with Gasteiger partial charge in [-0.1, -0.05) is 0 Å². The first-order chi connectivity index (χ1) is 6.20. The molecular weight excluding hydrogens is 172 g/mol. The molecule has 70 valence electrons. The first kappa shape index (κ1) is 9.24. The summed E-state index contributed by atoms with van der Waals surface area (Å²) in [5, 5.41) is 2.43. The number of carbonyl (C=O) groups is 2. The molecule has 0 radical (unpaired) electrons. The molecule has 0 aliphatic heterocycles. The van der Waals surface area contributed by atoms with Crippen LogP contribution in [0.15, 0.2) is 6.33 Å². The zero-order chi connectivity index (χ0) is 9.84. The van der Waals surface area contributed by atoms with Gasteiger partial charge < -0.3 is 15.2 Å². The molecule has 6 heteroatoms.